The Balaban J connectivity index is 1.78. The second-order valence-electron chi connectivity index (χ2n) is 8.63. The van der Waals surface area contributed by atoms with Crippen LogP contribution in [0.4, 0.5) is 0 Å². The summed E-state index contributed by atoms with van der Waals surface area (Å²) in [6.45, 7) is 4.20. The van der Waals surface area contributed by atoms with Crippen molar-refractivity contribution in [2.24, 2.45) is 28.6 Å². The minimum atomic E-state index is -0.919. The van der Waals surface area contributed by atoms with E-state index in [2.05, 4.69) is 13.8 Å². The van der Waals surface area contributed by atoms with Gasteiger partial charge < -0.3 is 10.2 Å². The zero-order valence-corrected chi connectivity index (χ0v) is 13.9. The van der Waals surface area contributed by atoms with Crippen LogP contribution >= 0.6 is 0 Å². The number of fused-ring (bicyclic) bond motifs is 5. The second-order valence-corrected chi connectivity index (χ2v) is 8.63. The van der Waals surface area contributed by atoms with Crippen molar-refractivity contribution >= 4 is 11.6 Å². The molecule has 126 valence electrons. The number of ketones is 2. The van der Waals surface area contributed by atoms with Crippen molar-refractivity contribution in [3.8, 4) is 0 Å². The first-order valence-electron chi connectivity index (χ1n) is 8.94. The lowest BCUT2D eigenvalue weighted by Gasteiger charge is -2.56. The van der Waals surface area contributed by atoms with Crippen molar-refractivity contribution in [2.75, 3.05) is 0 Å². The molecule has 4 nitrogen and oxygen atoms in total. The molecule has 0 amide bonds. The van der Waals surface area contributed by atoms with Gasteiger partial charge in [0.2, 0.25) is 0 Å². The number of aliphatic hydroxyl groups is 2. The maximum Gasteiger partial charge on any atom is 0.159 e. The van der Waals surface area contributed by atoms with Crippen molar-refractivity contribution < 1.29 is 19.8 Å². The molecular formula is C19H26O4. The minimum Gasteiger partial charge on any atom is -0.390 e. The molecular weight excluding hydrogens is 292 g/mol. The molecule has 2 unspecified atom stereocenters. The Hall–Kier alpha value is -1.00. The Kier molecular flexibility index (Phi) is 3.21. The molecule has 3 saturated carbocycles. The summed E-state index contributed by atoms with van der Waals surface area (Å²) in [6, 6.07) is 0. The first-order valence-corrected chi connectivity index (χ1v) is 8.94. The van der Waals surface area contributed by atoms with Crippen molar-refractivity contribution in [3.05, 3.63) is 11.6 Å². The van der Waals surface area contributed by atoms with E-state index < -0.39 is 12.2 Å². The quantitative estimate of drug-likeness (QED) is 0.717. The van der Waals surface area contributed by atoms with Crippen LogP contribution in [-0.4, -0.2) is 34.0 Å². The maximum absolute atomic E-state index is 12.9. The molecule has 0 saturated heterocycles. The summed E-state index contributed by atoms with van der Waals surface area (Å²) < 4.78 is 0. The highest BCUT2D eigenvalue weighted by Gasteiger charge is 2.61. The molecule has 3 fully saturated rings. The van der Waals surface area contributed by atoms with E-state index in [0.29, 0.717) is 18.6 Å². The van der Waals surface area contributed by atoms with E-state index in [1.54, 1.807) is 6.08 Å². The lowest BCUT2D eigenvalue weighted by molar-refractivity contribution is -0.141. The number of aliphatic hydroxyl groups excluding tert-OH is 2. The van der Waals surface area contributed by atoms with Gasteiger partial charge in [0.05, 0.1) is 6.10 Å². The van der Waals surface area contributed by atoms with Gasteiger partial charge in [-0.05, 0) is 61.0 Å². The van der Waals surface area contributed by atoms with E-state index in [1.807, 2.05) is 0 Å². The van der Waals surface area contributed by atoms with E-state index in [4.69, 9.17) is 0 Å². The normalized spacial score (nSPS) is 52.5. The molecule has 23 heavy (non-hydrogen) atoms. The number of carbonyl (C=O) groups is 2. The van der Waals surface area contributed by atoms with Gasteiger partial charge in [0.15, 0.2) is 5.78 Å². The van der Waals surface area contributed by atoms with Crippen LogP contribution in [-0.2, 0) is 9.59 Å². The number of Topliss-reactive ketones (excluding diaryl/α,β-unsaturated/α-hetero) is 1. The monoisotopic (exact) mass is 318 g/mol. The molecule has 0 aliphatic heterocycles. The number of allylic oxidation sites excluding steroid dienone is 1. The maximum atomic E-state index is 12.9. The number of hydrogen-bond acceptors (Lipinski definition) is 4. The summed E-state index contributed by atoms with van der Waals surface area (Å²) in [6.07, 6.45) is 4.47. The highest BCUT2D eigenvalue weighted by atomic mass is 16.3. The van der Waals surface area contributed by atoms with E-state index in [-0.39, 0.29) is 34.4 Å². The average Bonchev–Trinajstić information content (AvgIpc) is 2.82. The fourth-order valence-corrected chi connectivity index (χ4v) is 6.22. The van der Waals surface area contributed by atoms with E-state index in [9.17, 15) is 19.8 Å². The molecule has 2 N–H and O–H groups in total. The van der Waals surface area contributed by atoms with Gasteiger partial charge in [0, 0.05) is 17.8 Å². The summed E-state index contributed by atoms with van der Waals surface area (Å²) in [4.78, 5) is 25.3. The molecule has 4 rings (SSSR count). The molecule has 0 radical (unpaired) electrons. The molecule has 4 heteroatoms. The lowest BCUT2D eigenvalue weighted by Crippen LogP contribution is -2.56. The largest absolute Gasteiger partial charge is 0.390 e. The fourth-order valence-electron chi connectivity index (χ4n) is 6.22. The van der Waals surface area contributed by atoms with Crippen molar-refractivity contribution in [1.29, 1.82) is 0 Å². The predicted molar refractivity (Wildman–Crippen MR) is 84.5 cm³/mol. The summed E-state index contributed by atoms with van der Waals surface area (Å²) >= 11 is 0. The van der Waals surface area contributed by atoms with Crippen molar-refractivity contribution in [1.82, 2.24) is 0 Å². The Morgan fingerprint density at radius 3 is 2.39 bits per heavy atom. The van der Waals surface area contributed by atoms with Gasteiger partial charge in [-0.25, -0.2) is 0 Å². The highest BCUT2D eigenvalue weighted by Crippen LogP contribution is 2.63. The van der Waals surface area contributed by atoms with Crippen LogP contribution < -0.4 is 0 Å². The molecule has 0 aromatic carbocycles. The van der Waals surface area contributed by atoms with Gasteiger partial charge in [0.25, 0.3) is 0 Å². The zero-order chi connectivity index (χ0) is 16.6. The molecule has 0 aromatic heterocycles. The summed E-state index contributed by atoms with van der Waals surface area (Å²) in [5, 5.41) is 20.4. The summed E-state index contributed by atoms with van der Waals surface area (Å²) in [5.74, 6) is 0.659. The van der Waals surface area contributed by atoms with Crippen LogP contribution in [0.2, 0.25) is 0 Å². The average molecular weight is 318 g/mol. The van der Waals surface area contributed by atoms with E-state index >= 15 is 0 Å². The Morgan fingerprint density at radius 2 is 1.65 bits per heavy atom. The van der Waals surface area contributed by atoms with E-state index in [0.717, 1.165) is 31.3 Å². The first kappa shape index (κ1) is 15.5. The van der Waals surface area contributed by atoms with Crippen LogP contribution in [0.1, 0.15) is 52.4 Å². The molecule has 0 aromatic rings. The molecule has 0 bridgehead atoms. The number of hydrogen-bond donors (Lipinski definition) is 2. The topological polar surface area (TPSA) is 74.6 Å². The van der Waals surface area contributed by atoms with Crippen LogP contribution in [0, 0.1) is 28.6 Å². The van der Waals surface area contributed by atoms with Gasteiger partial charge in [-0.2, -0.15) is 0 Å². The minimum absolute atomic E-state index is 0.0706. The smallest absolute Gasteiger partial charge is 0.159 e. The third-order valence-electron chi connectivity index (χ3n) is 7.73. The van der Waals surface area contributed by atoms with E-state index in [1.165, 1.54) is 0 Å². The highest BCUT2D eigenvalue weighted by molar-refractivity contribution is 5.96. The van der Waals surface area contributed by atoms with Gasteiger partial charge >= 0.3 is 0 Å². The molecule has 0 heterocycles. The van der Waals surface area contributed by atoms with Gasteiger partial charge in [-0.1, -0.05) is 13.8 Å². The molecule has 4 aliphatic carbocycles. The van der Waals surface area contributed by atoms with Crippen LogP contribution in [0.15, 0.2) is 11.6 Å². The fraction of sp³-hybridized carbons (Fsp3) is 0.789. The molecule has 0 spiro atoms. The Morgan fingerprint density at radius 1 is 1.00 bits per heavy atom. The third kappa shape index (κ3) is 1.85. The molecule has 4 aliphatic rings. The Bertz CT molecular complexity index is 608. The summed E-state index contributed by atoms with van der Waals surface area (Å²) in [5.41, 5.74) is 0.186. The second kappa shape index (κ2) is 4.76. The SMILES string of the molecule is C[C@]12CCC(O)C(O)C1=CC(=O)[C@@H]1[C@H]2CC[C@]2(C)C(=O)CC[C@@H]12. The van der Waals surface area contributed by atoms with Gasteiger partial charge in [0.1, 0.15) is 11.9 Å². The predicted octanol–water partition coefficient (Wildman–Crippen LogP) is 2.03. The standard InChI is InChI=1S/C19H26O4/c1-18-8-6-13(20)17(23)12(18)9-14(21)16-10-3-4-15(22)19(10,2)7-5-11(16)18/h9-11,13,16-17,20,23H,3-8H2,1-2H3/t10-,11+,13?,16-,17?,18+,19-/m0/s1. The number of rotatable bonds is 0. The van der Waals surface area contributed by atoms with Crippen LogP contribution in [0.3, 0.4) is 0 Å². The van der Waals surface area contributed by atoms with Crippen LogP contribution in [0.5, 0.6) is 0 Å². The third-order valence-corrected chi connectivity index (χ3v) is 7.73. The van der Waals surface area contributed by atoms with Gasteiger partial charge in [-0.15, -0.1) is 0 Å². The summed E-state index contributed by atoms with van der Waals surface area (Å²) in [7, 11) is 0. The zero-order valence-electron chi connectivity index (χ0n) is 13.9. The lowest BCUT2D eigenvalue weighted by atomic mass is 9.47. The van der Waals surface area contributed by atoms with Crippen LogP contribution in [0.25, 0.3) is 0 Å². The van der Waals surface area contributed by atoms with Crippen molar-refractivity contribution in [3.63, 3.8) is 0 Å². The first-order chi connectivity index (χ1) is 10.8. The molecule has 7 atom stereocenters. The van der Waals surface area contributed by atoms with Gasteiger partial charge in [-0.3, -0.25) is 9.59 Å². The van der Waals surface area contributed by atoms with Crippen molar-refractivity contribution in [2.45, 2.75) is 64.6 Å². The number of carbonyl (C=O) groups excluding carboxylic acids is 2. The Labute approximate surface area is 137 Å².